The molecule has 0 atom stereocenters. The number of ether oxygens (including phenoxy) is 1. The van der Waals surface area contributed by atoms with E-state index in [-0.39, 0.29) is 0 Å². The van der Waals surface area contributed by atoms with Crippen molar-refractivity contribution in [3.8, 4) is 5.75 Å². The molecule has 0 saturated carbocycles. The molecule has 18 heavy (non-hydrogen) atoms. The SMILES string of the molecule is COc1ccc(CCNc2cn(C)nc2C)cc1. The Balaban J connectivity index is 1.86. The molecule has 0 amide bonds. The van der Waals surface area contributed by atoms with E-state index in [1.165, 1.54) is 5.56 Å². The predicted molar refractivity (Wildman–Crippen MR) is 73.1 cm³/mol. The molecule has 1 aromatic carbocycles. The molecule has 2 aromatic rings. The van der Waals surface area contributed by atoms with E-state index in [2.05, 4.69) is 22.5 Å². The molecule has 0 aliphatic carbocycles. The van der Waals surface area contributed by atoms with E-state index >= 15 is 0 Å². The van der Waals surface area contributed by atoms with Crippen LogP contribution in [0.2, 0.25) is 0 Å². The minimum absolute atomic E-state index is 0.898. The number of nitrogens with zero attached hydrogens (tertiary/aromatic N) is 2. The first-order chi connectivity index (χ1) is 8.69. The van der Waals surface area contributed by atoms with E-state index in [0.29, 0.717) is 0 Å². The van der Waals surface area contributed by atoms with Gasteiger partial charge in [0.05, 0.1) is 18.5 Å². The van der Waals surface area contributed by atoms with Gasteiger partial charge >= 0.3 is 0 Å². The number of aromatic nitrogens is 2. The van der Waals surface area contributed by atoms with E-state index in [1.54, 1.807) is 7.11 Å². The third-order valence-electron chi connectivity index (χ3n) is 2.90. The fourth-order valence-electron chi connectivity index (χ4n) is 1.91. The maximum absolute atomic E-state index is 5.13. The lowest BCUT2D eigenvalue weighted by Gasteiger charge is -2.06. The highest BCUT2D eigenvalue weighted by molar-refractivity contribution is 5.45. The zero-order valence-electron chi connectivity index (χ0n) is 11.1. The second-order valence-electron chi connectivity index (χ2n) is 4.33. The Hall–Kier alpha value is -1.97. The number of hydrogen-bond donors (Lipinski definition) is 1. The summed E-state index contributed by atoms with van der Waals surface area (Å²) in [4.78, 5) is 0. The summed E-state index contributed by atoms with van der Waals surface area (Å²) in [6.45, 7) is 2.91. The van der Waals surface area contributed by atoms with Crippen molar-refractivity contribution < 1.29 is 4.74 Å². The Morgan fingerprint density at radius 3 is 2.56 bits per heavy atom. The van der Waals surface area contributed by atoms with Crippen LogP contribution < -0.4 is 10.1 Å². The van der Waals surface area contributed by atoms with Crippen molar-refractivity contribution in [3.63, 3.8) is 0 Å². The molecule has 0 saturated heterocycles. The number of hydrogen-bond acceptors (Lipinski definition) is 3. The highest BCUT2D eigenvalue weighted by Crippen LogP contribution is 2.13. The molecule has 0 aliphatic rings. The van der Waals surface area contributed by atoms with Crippen molar-refractivity contribution in [1.29, 1.82) is 0 Å². The highest BCUT2D eigenvalue weighted by atomic mass is 16.5. The van der Waals surface area contributed by atoms with E-state index in [0.717, 1.165) is 30.1 Å². The maximum atomic E-state index is 5.13. The highest BCUT2D eigenvalue weighted by Gasteiger charge is 2.01. The molecule has 1 aromatic heterocycles. The second-order valence-corrected chi connectivity index (χ2v) is 4.33. The molecule has 4 heteroatoms. The van der Waals surface area contributed by atoms with Gasteiger partial charge in [0.25, 0.3) is 0 Å². The van der Waals surface area contributed by atoms with Gasteiger partial charge in [0, 0.05) is 19.8 Å². The number of methoxy groups -OCH3 is 1. The minimum Gasteiger partial charge on any atom is -0.497 e. The van der Waals surface area contributed by atoms with Crippen molar-refractivity contribution in [2.45, 2.75) is 13.3 Å². The summed E-state index contributed by atoms with van der Waals surface area (Å²) in [5.41, 5.74) is 3.43. The van der Waals surface area contributed by atoms with E-state index in [9.17, 15) is 0 Å². The summed E-state index contributed by atoms with van der Waals surface area (Å²) in [5, 5.41) is 7.69. The minimum atomic E-state index is 0.898. The van der Waals surface area contributed by atoms with Gasteiger partial charge in [-0.1, -0.05) is 12.1 Å². The smallest absolute Gasteiger partial charge is 0.118 e. The van der Waals surface area contributed by atoms with Crippen LogP contribution in [0, 0.1) is 6.92 Å². The number of benzene rings is 1. The van der Waals surface area contributed by atoms with Crippen LogP contribution in [0.4, 0.5) is 5.69 Å². The van der Waals surface area contributed by atoms with Gasteiger partial charge in [-0.05, 0) is 31.0 Å². The summed E-state index contributed by atoms with van der Waals surface area (Å²) >= 11 is 0. The molecule has 96 valence electrons. The topological polar surface area (TPSA) is 39.1 Å². The van der Waals surface area contributed by atoms with Crippen LogP contribution in [0.3, 0.4) is 0 Å². The fraction of sp³-hybridized carbons (Fsp3) is 0.357. The number of rotatable bonds is 5. The molecule has 1 heterocycles. The largest absolute Gasteiger partial charge is 0.497 e. The summed E-state index contributed by atoms with van der Waals surface area (Å²) in [5.74, 6) is 0.898. The first-order valence-corrected chi connectivity index (χ1v) is 6.06. The molecule has 0 unspecified atom stereocenters. The maximum Gasteiger partial charge on any atom is 0.118 e. The number of aryl methyl sites for hydroxylation is 2. The van der Waals surface area contributed by atoms with Crippen LogP contribution in [0.1, 0.15) is 11.3 Å². The fourth-order valence-corrected chi connectivity index (χ4v) is 1.91. The summed E-state index contributed by atoms with van der Waals surface area (Å²) in [7, 11) is 3.61. The molecule has 0 radical (unpaired) electrons. The molecule has 4 nitrogen and oxygen atoms in total. The van der Waals surface area contributed by atoms with Gasteiger partial charge in [0.15, 0.2) is 0 Å². The van der Waals surface area contributed by atoms with Gasteiger partial charge in [-0.25, -0.2) is 0 Å². The Kier molecular flexibility index (Phi) is 3.87. The van der Waals surface area contributed by atoms with Gasteiger partial charge in [-0.2, -0.15) is 5.10 Å². The van der Waals surface area contributed by atoms with Crippen molar-refractivity contribution in [3.05, 3.63) is 41.7 Å². The van der Waals surface area contributed by atoms with Gasteiger partial charge in [-0.3, -0.25) is 4.68 Å². The van der Waals surface area contributed by atoms with Crippen LogP contribution >= 0.6 is 0 Å². The molecule has 1 N–H and O–H groups in total. The second kappa shape index (κ2) is 5.58. The van der Waals surface area contributed by atoms with Crippen molar-refractivity contribution in [2.24, 2.45) is 7.05 Å². The van der Waals surface area contributed by atoms with Crippen LogP contribution in [-0.4, -0.2) is 23.4 Å². The quantitative estimate of drug-likeness (QED) is 0.879. The Labute approximate surface area is 108 Å². The summed E-state index contributed by atoms with van der Waals surface area (Å²) < 4.78 is 6.96. The Bertz CT molecular complexity index is 502. The molecule has 0 fully saturated rings. The molecule has 0 aliphatic heterocycles. The average molecular weight is 245 g/mol. The van der Waals surface area contributed by atoms with E-state index < -0.39 is 0 Å². The van der Waals surface area contributed by atoms with Crippen LogP contribution in [-0.2, 0) is 13.5 Å². The van der Waals surface area contributed by atoms with Gasteiger partial charge in [-0.15, -0.1) is 0 Å². The lowest BCUT2D eigenvalue weighted by Crippen LogP contribution is -2.05. The predicted octanol–water partition coefficient (Wildman–Crippen LogP) is 2.39. The van der Waals surface area contributed by atoms with E-state index in [1.807, 2.05) is 37.0 Å². The summed E-state index contributed by atoms with van der Waals surface area (Å²) in [6, 6.07) is 8.17. The van der Waals surface area contributed by atoms with Crippen molar-refractivity contribution >= 4 is 5.69 Å². The van der Waals surface area contributed by atoms with Gasteiger partial charge < -0.3 is 10.1 Å². The molecule has 2 rings (SSSR count). The monoisotopic (exact) mass is 245 g/mol. The van der Waals surface area contributed by atoms with Crippen molar-refractivity contribution in [2.75, 3.05) is 19.0 Å². The molecular formula is C14H19N3O. The van der Waals surface area contributed by atoms with Crippen LogP contribution in [0.25, 0.3) is 0 Å². The normalized spacial score (nSPS) is 10.4. The van der Waals surface area contributed by atoms with E-state index in [4.69, 9.17) is 4.74 Å². The number of nitrogens with one attached hydrogen (secondary N) is 1. The third kappa shape index (κ3) is 3.03. The van der Waals surface area contributed by atoms with Crippen LogP contribution in [0.5, 0.6) is 5.75 Å². The molecule has 0 bridgehead atoms. The van der Waals surface area contributed by atoms with Crippen molar-refractivity contribution in [1.82, 2.24) is 9.78 Å². The summed E-state index contributed by atoms with van der Waals surface area (Å²) in [6.07, 6.45) is 2.99. The number of anilines is 1. The third-order valence-corrected chi connectivity index (χ3v) is 2.90. The van der Waals surface area contributed by atoms with Crippen LogP contribution in [0.15, 0.2) is 30.5 Å². The zero-order valence-corrected chi connectivity index (χ0v) is 11.1. The molecular weight excluding hydrogens is 226 g/mol. The Morgan fingerprint density at radius 2 is 2.00 bits per heavy atom. The zero-order chi connectivity index (χ0) is 13.0. The first-order valence-electron chi connectivity index (χ1n) is 6.06. The standard InChI is InChI=1S/C14H19N3O/c1-11-14(10-17(2)16-11)15-9-8-12-4-6-13(18-3)7-5-12/h4-7,10,15H,8-9H2,1-3H3. The Morgan fingerprint density at radius 1 is 1.28 bits per heavy atom. The molecule has 0 spiro atoms. The lowest BCUT2D eigenvalue weighted by atomic mass is 10.1. The van der Waals surface area contributed by atoms with Gasteiger partial charge in [0.1, 0.15) is 5.75 Å². The van der Waals surface area contributed by atoms with Gasteiger partial charge in [0.2, 0.25) is 0 Å². The first kappa shape index (κ1) is 12.5. The average Bonchev–Trinajstić information content (AvgIpc) is 2.69. The lowest BCUT2D eigenvalue weighted by molar-refractivity contribution is 0.414.